The van der Waals surface area contributed by atoms with Gasteiger partial charge in [0.15, 0.2) is 0 Å². The first-order valence-corrected chi connectivity index (χ1v) is 4.48. The molecule has 13 heavy (non-hydrogen) atoms. The Kier molecular flexibility index (Phi) is 2.86. The van der Waals surface area contributed by atoms with Crippen LogP contribution < -0.4 is 5.32 Å². The van der Waals surface area contributed by atoms with E-state index in [4.69, 9.17) is 0 Å². The number of aliphatic imine (C=N–C) groups is 1. The smallest absolute Gasteiger partial charge is 0.225 e. The molecule has 0 aromatic heterocycles. The molecule has 1 heterocycles. The molecule has 0 aromatic rings. The molecule has 1 rings (SSSR count). The Balaban J connectivity index is 2.31. The summed E-state index contributed by atoms with van der Waals surface area (Å²) in [6, 6.07) is 0. The number of hydrogen-bond donors (Lipinski definition) is 1. The van der Waals surface area contributed by atoms with Gasteiger partial charge in [-0.1, -0.05) is 20.8 Å². The van der Waals surface area contributed by atoms with Crippen LogP contribution in [-0.2, 0) is 4.79 Å². The molecule has 0 aliphatic carbocycles. The van der Waals surface area contributed by atoms with Crippen LogP contribution in [-0.4, -0.2) is 18.7 Å². The highest BCUT2D eigenvalue weighted by molar-refractivity contribution is 5.81. The van der Waals surface area contributed by atoms with Gasteiger partial charge in [-0.05, 0) is 5.57 Å². The number of nitrogens with one attached hydrogen (secondary N) is 1. The van der Waals surface area contributed by atoms with Gasteiger partial charge in [-0.15, -0.1) is 0 Å². The summed E-state index contributed by atoms with van der Waals surface area (Å²) >= 11 is 0. The molecule has 0 spiro atoms. The first kappa shape index (κ1) is 9.96. The number of carbonyl (C=O) groups excluding carboxylic acids is 1. The highest BCUT2D eigenvalue weighted by Crippen LogP contribution is 2.13. The van der Waals surface area contributed by atoms with Crippen molar-refractivity contribution >= 4 is 12.1 Å². The summed E-state index contributed by atoms with van der Waals surface area (Å²) in [6.45, 7) is 6.34. The number of rotatable bonds is 2. The van der Waals surface area contributed by atoms with Crippen molar-refractivity contribution in [3.05, 3.63) is 11.8 Å². The van der Waals surface area contributed by atoms with Gasteiger partial charge in [0.2, 0.25) is 5.91 Å². The third-order valence-corrected chi connectivity index (χ3v) is 1.87. The lowest BCUT2D eigenvalue weighted by Crippen LogP contribution is -2.35. The van der Waals surface area contributed by atoms with E-state index in [0.717, 1.165) is 12.0 Å². The monoisotopic (exact) mass is 180 g/mol. The lowest BCUT2D eigenvalue weighted by atomic mass is 9.95. The summed E-state index contributed by atoms with van der Waals surface area (Å²) in [5.74, 6) is 0.0836. The Morgan fingerprint density at radius 1 is 1.62 bits per heavy atom. The Morgan fingerprint density at radius 3 is 2.77 bits per heavy atom. The van der Waals surface area contributed by atoms with Crippen LogP contribution in [0.2, 0.25) is 0 Å². The van der Waals surface area contributed by atoms with Gasteiger partial charge >= 0.3 is 0 Å². The standard InChI is InChI=1S/C10H16N2O/c1-10(2,3)9(13)12-7-8-4-5-11-6-8/h5-6H,4,7H2,1-3H3,(H,12,13). The van der Waals surface area contributed by atoms with Gasteiger partial charge in [0.05, 0.1) is 0 Å². The average molecular weight is 180 g/mol. The number of carbonyl (C=O) groups is 1. The predicted octanol–water partition coefficient (Wildman–Crippen LogP) is 1.51. The minimum atomic E-state index is -0.306. The lowest BCUT2D eigenvalue weighted by Gasteiger charge is -2.17. The zero-order chi connectivity index (χ0) is 9.90. The zero-order valence-electron chi connectivity index (χ0n) is 8.42. The third-order valence-electron chi connectivity index (χ3n) is 1.87. The van der Waals surface area contributed by atoms with E-state index in [9.17, 15) is 4.79 Å². The molecule has 3 nitrogen and oxygen atoms in total. The number of nitrogens with zero attached hydrogens (tertiary/aromatic N) is 1. The average Bonchev–Trinajstić information content (AvgIpc) is 2.50. The molecular weight excluding hydrogens is 164 g/mol. The molecular formula is C10H16N2O. The summed E-state index contributed by atoms with van der Waals surface area (Å²) in [5, 5.41) is 2.88. The van der Waals surface area contributed by atoms with E-state index in [2.05, 4.69) is 10.3 Å². The minimum absolute atomic E-state index is 0.0836. The topological polar surface area (TPSA) is 41.5 Å². The van der Waals surface area contributed by atoms with Gasteiger partial charge in [0, 0.05) is 30.8 Å². The molecule has 1 N–H and O–H groups in total. The molecule has 0 bridgehead atoms. The predicted molar refractivity (Wildman–Crippen MR) is 53.7 cm³/mol. The molecule has 3 heteroatoms. The fourth-order valence-electron chi connectivity index (χ4n) is 0.958. The van der Waals surface area contributed by atoms with Crippen molar-refractivity contribution in [3.63, 3.8) is 0 Å². The van der Waals surface area contributed by atoms with Crippen molar-refractivity contribution in [2.75, 3.05) is 6.54 Å². The second kappa shape index (κ2) is 3.73. The maximum absolute atomic E-state index is 11.4. The molecule has 0 fully saturated rings. The highest BCUT2D eigenvalue weighted by atomic mass is 16.2. The van der Waals surface area contributed by atoms with Crippen LogP contribution in [0, 0.1) is 5.41 Å². The third kappa shape index (κ3) is 3.01. The summed E-state index contributed by atoms with van der Waals surface area (Å²) in [7, 11) is 0. The molecule has 0 radical (unpaired) electrons. The number of hydrogen-bond acceptors (Lipinski definition) is 2. The van der Waals surface area contributed by atoms with E-state index in [1.54, 1.807) is 0 Å². The summed E-state index contributed by atoms with van der Waals surface area (Å²) in [4.78, 5) is 15.4. The zero-order valence-corrected chi connectivity index (χ0v) is 8.42. The van der Waals surface area contributed by atoms with E-state index in [0.29, 0.717) is 6.54 Å². The van der Waals surface area contributed by atoms with Crippen molar-refractivity contribution < 1.29 is 4.79 Å². The van der Waals surface area contributed by atoms with Gasteiger partial charge in [0.1, 0.15) is 0 Å². The molecule has 0 unspecified atom stereocenters. The van der Waals surface area contributed by atoms with Gasteiger partial charge < -0.3 is 5.32 Å². The summed E-state index contributed by atoms with van der Waals surface area (Å²) in [5.41, 5.74) is 0.859. The quantitative estimate of drug-likeness (QED) is 0.687. The number of amides is 1. The Bertz CT molecular complexity index is 259. The van der Waals surface area contributed by atoms with Gasteiger partial charge in [-0.3, -0.25) is 9.79 Å². The second-order valence-electron chi connectivity index (χ2n) is 4.26. The maximum atomic E-state index is 11.4. The van der Waals surface area contributed by atoms with Crippen molar-refractivity contribution in [1.29, 1.82) is 0 Å². The van der Waals surface area contributed by atoms with Crippen LogP contribution in [0.3, 0.4) is 0 Å². The molecule has 1 aliphatic rings. The first-order valence-electron chi connectivity index (χ1n) is 4.48. The highest BCUT2D eigenvalue weighted by Gasteiger charge is 2.20. The van der Waals surface area contributed by atoms with Gasteiger partial charge in [-0.25, -0.2) is 0 Å². The fraction of sp³-hybridized carbons (Fsp3) is 0.600. The molecule has 0 saturated carbocycles. The Hall–Kier alpha value is -1.12. The van der Waals surface area contributed by atoms with Gasteiger partial charge in [0.25, 0.3) is 0 Å². The van der Waals surface area contributed by atoms with E-state index in [-0.39, 0.29) is 11.3 Å². The van der Waals surface area contributed by atoms with E-state index in [1.165, 1.54) is 0 Å². The molecule has 0 aromatic carbocycles. The van der Waals surface area contributed by atoms with Crippen LogP contribution in [0.25, 0.3) is 0 Å². The minimum Gasteiger partial charge on any atom is -0.352 e. The van der Waals surface area contributed by atoms with Crippen molar-refractivity contribution in [1.82, 2.24) is 5.32 Å². The maximum Gasteiger partial charge on any atom is 0.225 e. The Morgan fingerprint density at radius 2 is 2.31 bits per heavy atom. The molecule has 1 aliphatic heterocycles. The fourth-order valence-corrected chi connectivity index (χ4v) is 0.958. The molecule has 72 valence electrons. The molecule has 0 saturated heterocycles. The normalized spacial score (nSPS) is 15.8. The summed E-state index contributed by atoms with van der Waals surface area (Å²) < 4.78 is 0. The first-order chi connectivity index (χ1) is 6.00. The largest absolute Gasteiger partial charge is 0.352 e. The molecule has 0 atom stereocenters. The van der Waals surface area contributed by atoms with E-state index >= 15 is 0 Å². The van der Waals surface area contributed by atoms with Gasteiger partial charge in [-0.2, -0.15) is 0 Å². The van der Waals surface area contributed by atoms with Crippen molar-refractivity contribution in [2.24, 2.45) is 10.4 Å². The Labute approximate surface area is 78.9 Å². The molecule has 1 amide bonds. The SMILES string of the molecule is CC(C)(C)C(=O)NCC1=CN=CC1. The van der Waals surface area contributed by atoms with Crippen molar-refractivity contribution in [2.45, 2.75) is 27.2 Å². The van der Waals surface area contributed by atoms with E-state index in [1.807, 2.05) is 33.2 Å². The van der Waals surface area contributed by atoms with Crippen LogP contribution >= 0.6 is 0 Å². The van der Waals surface area contributed by atoms with E-state index < -0.39 is 0 Å². The van der Waals surface area contributed by atoms with Crippen LogP contribution in [0.15, 0.2) is 16.8 Å². The van der Waals surface area contributed by atoms with Crippen LogP contribution in [0.4, 0.5) is 0 Å². The van der Waals surface area contributed by atoms with Crippen molar-refractivity contribution in [3.8, 4) is 0 Å². The van der Waals surface area contributed by atoms with Crippen LogP contribution in [0.5, 0.6) is 0 Å². The lowest BCUT2D eigenvalue weighted by molar-refractivity contribution is -0.128. The summed E-state index contributed by atoms with van der Waals surface area (Å²) in [6.07, 6.45) is 4.52. The second-order valence-corrected chi connectivity index (χ2v) is 4.26. The van der Waals surface area contributed by atoms with Crippen LogP contribution in [0.1, 0.15) is 27.2 Å².